The molecule has 4 nitrogen and oxygen atoms in total. The van der Waals surface area contributed by atoms with Gasteiger partial charge in [0.05, 0.1) is 11.3 Å². The van der Waals surface area contributed by atoms with Gasteiger partial charge in [0.2, 0.25) is 0 Å². The lowest BCUT2D eigenvalue weighted by atomic mass is 9.84. The summed E-state index contributed by atoms with van der Waals surface area (Å²) in [6, 6.07) is 3.14. The maximum Gasteiger partial charge on any atom is 0.305 e. The summed E-state index contributed by atoms with van der Waals surface area (Å²) in [6.45, 7) is 5.74. The maximum atomic E-state index is 11.9. The Balaban J connectivity index is 2.73. The molecule has 0 aromatic carbocycles. The maximum absolute atomic E-state index is 11.9. The summed E-state index contributed by atoms with van der Waals surface area (Å²) in [4.78, 5) is 23.2. The van der Waals surface area contributed by atoms with E-state index in [0.717, 1.165) is 0 Å². The molecular formula is C12H17NO3S. The van der Waals surface area contributed by atoms with Gasteiger partial charge in [-0.2, -0.15) is 0 Å². The van der Waals surface area contributed by atoms with Crippen LogP contribution in [0, 0.1) is 5.41 Å². The molecule has 1 aromatic rings. The van der Waals surface area contributed by atoms with E-state index in [-0.39, 0.29) is 23.8 Å². The quantitative estimate of drug-likeness (QED) is 0.868. The summed E-state index contributed by atoms with van der Waals surface area (Å²) in [7, 11) is 0. The molecule has 94 valence electrons. The first-order chi connectivity index (χ1) is 7.80. The molecule has 0 aliphatic rings. The molecule has 1 atom stereocenters. The van der Waals surface area contributed by atoms with Crippen LogP contribution in [-0.4, -0.2) is 23.0 Å². The minimum Gasteiger partial charge on any atom is -0.481 e. The highest BCUT2D eigenvalue weighted by Gasteiger charge is 2.28. The Hall–Kier alpha value is -1.36. The van der Waals surface area contributed by atoms with Gasteiger partial charge >= 0.3 is 5.97 Å². The fourth-order valence-electron chi connectivity index (χ4n) is 1.39. The molecule has 1 heterocycles. The fraction of sp³-hybridized carbons (Fsp3) is 0.500. The molecule has 0 saturated carbocycles. The third kappa shape index (κ3) is 4.19. The number of rotatable bonds is 4. The van der Waals surface area contributed by atoms with Gasteiger partial charge in [-0.15, -0.1) is 11.3 Å². The van der Waals surface area contributed by atoms with Crippen LogP contribution in [-0.2, 0) is 4.79 Å². The van der Waals surface area contributed by atoms with Crippen molar-refractivity contribution in [2.45, 2.75) is 33.2 Å². The second-order valence-corrected chi connectivity index (χ2v) is 5.91. The Labute approximate surface area is 105 Å². The molecule has 0 spiro atoms. The third-order valence-corrected chi connectivity index (χ3v) is 3.34. The molecule has 1 unspecified atom stereocenters. The van der Waals surface area contributed by atoms with Crippen LogP contribution in [0.25, 0.3) is 0 Å². The van der Waals surface area contributed by atoms with E-state index >= 15 is 0 Å². The van der Waals surface area contributed by atoms with Crippen LogP contribution in [0.1, 0.15) is 36.9 Å². The van der Waals surface area contributed by atoms with Crippen LogP contribution >= 0.6 is 11.3 Å². The highest BCUT2D eigenvalue weighted by molar-refractivity contribution is 7.12. The summed E-state index contributed by atoms with van der Waals surface area (Å²) >= 11 is 1.34. The first kappa shape index (κ1) is 13.7. The number of hydrogen-bond acceptors (Lipinski definition) is 3. The molecule has 5 heteroatoms. The Bertz CT molecular complexity index is 392. The summed E-state index contributed by atoms with van der Waals surface area (Å²) in [5, 5.41) is 13.4. The van der Waals surface area contributed by atoms with E-state index in [1.165, 1.54) is 11.3 Å². The smallest absolute Gasteiger partial charge is 0.305 e. The van der Waals surface area contributed by atoms with Crippen LogP contribution in [0.2, 0.25) is 0 Å². The molecule has 0 radical (unpaired) electrons. The zero-order chi connectivity index (χ0) is 13.1. The highest BCUT2D eigenvalue weighted by Crippen LogP contribution is 2.22. The van der Waals surface area contributed by atoms with Gasteiger partial charge in [0, 0.05) is 6.04 Å². The molecule has 0 fully saturated rings. The zero-order valence-corrected chi connectivity index (χ0v) is 11.0. The second kappa shape index (κ2) is 5.31. The average molecular weight is 255 g/mol. The molecule has 1 rings (SSSR count). The summed E-state index contributed by atoms with van der Waals surface area (Å²) in [5.74, 6) is -1.11. The van der Waals surface area contributed by atoms with Crippen molar-refractivity contribution in [3.8, 4) is 0 Å². The lowest BCUT2D eigenvalue weighted by Crippen LogP contribution is -2.44. The molecule has 0 saturated heterocycles. The van der Waals surface area contributed by atoms with Crippen molar-refractivity contribution >= 4 is 23.2 Å². The lowest BCUT2D eigenvalue weighted by Gasteiger charge is -2.30. The van der Waals surface area contributed by atoms with E-state index in [1.54, 1.807) is 12.1 Å². The summed E-state index contributed by atoms with van der Waals surface area (Å²) in [5.41, 5.74) is -0.286. The molecule has 2 N–H and O–H groups in total. The second-order valence-electron chi connectivity index (χ2n) is 4.97. The predicted octanol–water partition coefficient (Wildman–Crippen LogP) is 2.37. The summed E-state index contributed by atoms with van der Waals surface area (Å²) in [6.07, 6.45) is -0.0688. The van der Waals surface area contributed by atoms with Crippen molar-refractivity contribution < 1.29 is 14.7 Å². The van der Waals surface area contributed by atoms with E-state index in [0.29, 0.717) is 4.88 Å². The number of thiophene rings is 1. The van der Waals surface area contributed by atoms with E-state index in [9.17, 15) is 9.59 Å². The van der Waals surface area contributed by atoms with Crippen LogP contribution < -0.4 is 5.32 Å². The van der Waals surface area contributed by atoms with Crippen LogP contribution in [0.3, 0.4) is 0 Å². The molecule has 1 aromatic heterocycles. The van der Waals surface area contributed by atoms with Gasteiger partial charge in [-0.3, -0.25) is 9.59 Å². The van der Waals surface area contributed by atoms with E-state index in [1.807, 2.05) is 26.2 Å². The Kier molecular flexibility index (Phi) is 4.28. The monoisotopic (exact) mass is 255 g/mol. The van der Waals surface area contributed by atoms with Gasteiger partial charge in [-0.25, -0.2) is 0 Å². The number of carboxylic acid groups (broad SMARTS) is 1. The van der Waals surface area contributed by atoms with E-state index < -0.39 is 5.97 Å². The number of hydrogen-bond donors (Lipinski definition) is 2. The topological polar surface area (TPSA) is 66.4 Å². The number of nitrogens with one attached hydrogen (secondary N) is 1. The minimum atomic E-state index is -0.906. The van der Waals surface area contributed by atoms with Crippen molar-refractivity contribution in [2.24, 2.45) is 5.41 Å². The van der Waals surface area contributed by atoms with Crippen molar-refractivity contribution in [3.63, 3.8) is 0 Å². The highest BCUT2D eigenvalue weighted by atomic mass is 32.1. The van der Waals surface area contributed by atoms with Crippen molar-refractivity contribution in [1.82, 2.24) is 5.32 Å². The van der Waals surface area contributed by atoms with E-state index in [4.69, 9.17) is 5.11 Å². The van der Waals surface area contributed by atoms with Crippen LogP contribution in [0.5, 0.6) is 0 Å². The van der Waals surface area contributed by atoms with Gasteiger partial charge in [0.15, 0.2) is 0 Å². The number of carbonyl (C=O) groups is 2. The van der Waals surface area contributed by atoms with Crippen molar-refractivity contribution in [3.05, 3.63) is 22.4 Å². The molecular weight excluding hydrogens is 238 g/mol. The van der Waals surface area contributed by atoms with Crippen LogP contribution in [0.4, 0.5) is 0 Å². The minimum absolute atomic E-state index is 0.0688. The fourth-order valence-corrected chi connectivity index (χ4v) is 2.01. The van der Waals surface area contributed by atoms with Gasteiger partial charge in [0.1, 0.15) is 0 Å². The first-order valence-electron chi connectivity index (χ1n) is 5.37. The molecule has 17 heavy (non-hydrogen) atoms. The van der Waals surface area contributed by atoms with Crippen molar-refractivity contribution in [2.75, 3.05) is 0 Å². The largest absolute Gasteiger partial charge is 0.481 e. The predicted molar refractivity (Wildman–Crippen MR) is 67.3 cm³/mol. The third-order valence-electron chi connectivity index (χ3n) is 2.47. The Morgan fingerprint density at radius 1 is 1.47 bits per heavy atom. The van der Waals surface area contributed by atoms with Gasteiger partial charge in [-0.1, -0.05) is 26.8 Å². The Morgan fingerprint density at radius 2 is 2.12 bits per heavy atom. The zero-order valence-electron chi connectivity index (χ0n) is 10.2. The lowest BCUT2D eigenvalue weighted by molar-refractivity contribution is -0.138. The average Bonchev–Trinajstić information content (AvgIpc) is 2.66. The van der Waals surface area contributed by atoms with Gasteiger partial charge < -0.3 is 10.4 Å². The Morgan fingerprint density at radius 3 is 2.53 bits per heavy atom. The van der Waals surface area contributed by atoms with Gasteiger partial charge in [-0.05, 0) is 16.9 Å². The van der Waals surface area contributed by atoms with Crippen LogP contribution in [0.15, 0.2) is 17.5 Å². The normalized spacial score (nSPS) is 13.1. The molecule has 0 aliphatic carbocycles. The molecule has 0 bridgehead atoms. The number of carbonyl (C=O) groups excluding carboxylic acids is 1. The van der Waals surface area contributed by atoms with E-state index in [2.05, 4.69) is 5.32 Å². The number of carboxylic acids is 1. The molecule has 1 amide bonds. The van der Waals surface area contributed by atoms with Gasteiger partial charge in [0.25, 0.3) is 5.91 Å². The number of aliphatic carboxylic acids is 1. The summed E-state index contributed by atoms with van der Waals surface area (Å²) < 4.78 is 0. The van der Waals surface area contributed by atoms with Crippen molar-refractivity contribution in [1.29, 1.82) is 0 Å². The number of amides is 1. The first-order valence-corrected chi connectivity index (χ1v) is 6.25. The standard InChI is InChI=1S/C12H17NO3S/c1-12(2,3)9(7-10(14)15)13-11(16)8-5-4-6-17-8/h4-6,9H,7H2,1-3H3,(H,13,16)(H,14,15). The SMILES string of the molecule is CC(C)(C)C(CC(=O)O)NC(=O)c1cccs1. The molecule has 0 aliphatic heterocycles.